The Bertz CT molecular complexity index is 1110. The second kappa shape index (κ2) is 11.2. The standard InChI is InChI=1S/C26H30N4O3S/c1-18(19-9-4-3-5-10-19)30(25(32)20-11-6-7-12-20)16-15-23(31)27-26-29-28-24(34-26)21-13-8-14-22(17-21)33-2/h3-5,8-10,13-14,17-18,20H,6-7,11-12,15-16H2,1-2H3,(H,27,29,31)/t18-/m0/s1. The number of ether oxygens (including phenoxy) is 1. The molecule has 1 aliphatic rings. The van der Waals surface area contributed by atoms with Crippen molar-refractivity contribution >= 4 is 28.3 Å². The molecule has 34 heavy (non-hydrogen) atoms. The summed E-state index contributed by atoms with van der Waals surface area (Å²) >= 11 is 1.31. The van der Waals surface area contributed by atoms with Crippen molar-refractivity contribution in [1.82, 2.24) is 15.1 Å². The summed E-state index contributed by atoms with van der Waals surface area (Å²) in [7, 11) is 1.62. The predicted octanol–water partition coefficient (Wildman–Crippen LogP) is 5.32. The van der Waals surface area contributed by atoms with Crippen LogP contribution in [0, 0.1) is 5.92 Å². The number of carbonyl (C=O) groups is 2. The molecule has 1 heterocycles. The van der Waals surface area contributed by atoms with Gasteiger partial charge in [0.1, 0.15) is 10.8 Å². The lowest BCUT2D eigenvalue weighted by atomic mass is 10.0. The maximum Gasteiger partial charge on any atom is 0.227 e. The fourth-order valence-electron chi connectivity index (χ4n) is 4.36. The van der Waals surface area contributed by atoms with Gasteiger partial charge in [0.2, 0.25) is 16.9 Å². The molecule has 0 saturated heterocycles. The van der Waals surface area contributed by atoms with Crippen LogP contribution in [-0.2, 0) is 9.59 Å². The highest BCUT2D eigenvalue weighted by Gasteiger charge is 2.30. The lowest BCUT2D eigenvalue weighted by Crippen LogP contribution is -2.39. The van der Waals surface area contributed by atoms with Gasteiger partial charge >= 0.3 is 0 Å². The molecule has 1 aromatic heterocycles. The number of hydrogen-bond acceptors (Lipinski definition) is 6. The molecular formula is C26H30N4O3S. The summed E-state index contributed by atoms with van der Waals surface area (Å²) in [4.78, 5) is 27.9. The van der Waals surface area contributed by atoms with Crippen LogP contribution < -0.4 is 10.1 Å². The average Bonchev–Trinajstić information content (AvgIpc) is 3.57. The zero-order chi connectivity index (χ0) is 23.9. The Hall–Kier alpha value is -3.26. The SMILES string of the molecule is COc1cccc(-c2nnc(NC(=O)CCN(C(=O)C3CCCC3)[C@@H](C)c3ccccc3)s2)c1. The number of amides is 2. The van der Waals surface area contributed by atoms with Gasteiger partial charge in [0.25, 0.3) is 0 Å². The van der Waals surface area contributed by atoms with E-state index in [0.29, 0.717) is 16.7 Å². The molecular weight excluding hydrogens is 448 g/mol. The van der Waals surface area contributed by atoms with Crippen LogP contribution in [0.15, 0.2) is 54.6 Å². The number of aromatic nitrogens is 2. The Balaban J connectivity index is 1.40. The third-order valence-corrected chi connectivity index (χ3v) is 7.19. The zero-order valence-electron chi connectivity index (χ0n) is 19.6. The molecule has 1 N–H and O–H groups in total. The van der Waals surface area contributed by atoms with Gasteiger partial charge in [-0.2, -0.15) is 0 Å². The van der Waals surface area contributed by atoms with E-state index >= 15 is 0 Å². The summed E-state index contributed by atoms with van der Waals surface area (Å²) in [5, 5.41) is 12.3. The highest BCUT2D eigenvalue weighted by atomic mass is 32.1. The van der Waals surface area contributed by atoms with Crippen molar-refractivity contribution in [2.24, 2.45) is 5.92 Å². The molecule has 8 heteroatoms. The third kappa shape index (κ3) is 5.80. The van der Waals surface area contributed by atoms with Crippen LogP contribution in [0.1, 0.15) is 50.6 Å². The van der Waals surface area contributed by atoms with Crippen molar-refractivity contribution in [3.8, 4) is 16.3 Å². The highest BCUT2D eigenvalue weighted by Crippen LogP contribution is 2.31. The molecule has 7 nitrogen and oxygen atoms in total. The van der Waals surface area contributed by atoms with E-state index in [1.54, 1.807) is 7.11 Å². The molecule has 2 aromatic carbocycles. The molecule has 1 atom stereocenters. The van der Waals surface area contributed by atoms with E-state index in [0.717, 1.165) is 42.6 Å². The molecule has 1 fully saturated rings. The second-order valence-corrected chi connectivity index (χ2v) is 9.52. The maximum atomic E-state index is 13.3. The predicted molar refractivity (Wildman–Crippen MR) is 134 cm³/mol. The van der Waals surface area contributed by atoms with Gasteiger partial charge in [-0.15, -0.1) is 10.2 Å². The number of anilines is 1. The van der Waals surface area contributed by atoms with E-state index in [-0.39, 0.29) is 30.2 Å². The molecule has 0 aliphatic heterocycles. The van der Waals surface area contributed by atoms with Gasteiger partial charge in [-0.1, -0.05) is 66.6 Å². The van der Waals surface area contributed by atoms with Crippen molar-refractivity contribution in [2.75, 3.05) is 19.0 Å². The Labute approximate surface area is 204 Å². The van der Waals surface area contributed by atoms with Gasteiger partial charge < -0.3 is 15.0 Å². The van der Waals surface area contributed by atoms with Gasteiger partial charge in [-0.25, -0.2) is 0 Å². The first-order valence-electron chi connectivity index (χ1n) is 11.7. The minimum absolute atomic E-state index is 0.0582. The summed E-state index contributed by atoms with van der Waals surface area (Å²) in [6.07, 6.45) is 4.25. The molecule has 178 valence electrons. The Morgan fingerprint density at radius 2 is 1.88 bits per heavy atom. The Morgan fingerprint density at radius 3 is 2.62 bits per heavy atom. The highest BCUT2D eigenvalue weighted by molar-refractivity contribution is 7.18. The number of carbonyl (C=O) groups excluding carboxylic acids is 2. The van der Waals surface area contributed by atoms with Crippen molar-refractivity contribution in [2.45, 2.75) is 45.1 Å². The quantitative estimate of drug-likeness (QED) is 0.450. The number of nitrogens with zero attached hydrogens (tertiary/aromatic N) is 3. The lowest BCUT2D eigenvalue weighted by Gasteiger charge is -2.32. The number of methoxy groups -OCH3 is 1. The van der Waals surface area contributed by atoms with E-state index in [1.165, 1.54) is 11.3 Å². The first kappa shape index (κ1) is 23.9. The van der Waals surface area contributed by atoms with E-state index in [1.807, 2.05) is 66.4 Å². The van der Waals surface area contributed by atoms with Crippen LogP contribution in [0.2, 0.25) is 0 Å². The number of nitrogens with one attached hydrogen (secondary N) is 1. The molecule has 0 bridgehead atoms. The van der Waals surface area contributed by atoms with Crippen LogP contribution >= 0.6 is 11.3 Å². The van der Waals surface area contributed by atoms with Crippen LogP contribution in [-0.4, -0.2) is 40.6 Å². The van der Waals surface area contributed by atoms with Crippen LogP contribution in [0.5, 0.6) is 5.75 Å². The normalized spacial score (nSPS) is 14.5. The zero-order valence-corrected chi connectivity index (χ0v) is 20.4. The number of hydrogen-bond donors (Lipinski definition) is 1. The van der Waals surface area contributed by atoms with Crippen LogP contribution in [0.3, 0.4) is 0 Å². The first-order chi connectivity index (χ1) is 16.5. The van der Waals surface area contributed by atoms with E-state index in [2.05, 4.69) is 15.5 Å². The van der Waals surface area contributed by atoms with Gasteiger partial charge in [-0.05, 0) is 37.5 Å². The van der Waals surface area contributed by atoms with E-state index < -0.39 is 0 Å². The molecule has 0 radical (unpaired) electrons. The topological polar surface area (TPSA) is 84.4 Å². The average molecular weight is 479 g/mol. The summed E-state index contributed by atoms with van der Waals surface area (Å²) in [5.41, 5.74) is 1.95. The van der Waals surface area contributed by atoms with Crippen molar-refractivity contribution in [1.29, 1.82) is 0 Å². The van der Waals surface area contributed by atoms with Gasteiger partial charge in [0.15, 0.2) is 0 Å². The summed E-state index contributed by atoms with van der Waals surface area (Å²) in [6, 6.07) is 17.4. The minimum Gasteiger partial charge on any atom is -0.497 e. The third-order valence-electron chi connectivity index (χ3n) is 6.30. The van der Waals surface area contributed by atoms with E-state index in [4.69, 9.17) is 4.74 Å². The van der Waals surface area contributed by atoms with Gasteiger partial charge in [-0.3, -0.25) is 9.59 Å². The lowest BCUT2D eigenvalue weighted by molar-refractivity contribution is -0.138. The number of benzene rings is 2. The van der Waals surface area contributed by atoms with Gasteiger partial charge in [0.05, 0.1) is 13.2 Å². The summed E-state index contributed by atoms with van der Waals surface area (Å²) in [6.45, 7) is 2.39. The molecule has 3 aromatic rings. The van der Waals surface area contributed by atoms with Crippen molar-refractivity contribution in [3.05, 3.63) is 60.2 Å². The summed E-state index contributed by atoms with van der Waals surface area (Å²) in [5.74, 6) is 0.761. The van der Waals surface area contributed by atoms with Crippen molar-refractivity contribution in [3.63, 3.8) is 0 Å². The Kier molecular flexibility index (Phi) is 7.90. The molecule has 4 rings (SSSR count). The molecule has 1 saturated carbocycles. The van der Waals surface area contributed by atoms with Gasteiger partial charge in [0, 0.05) is 24.4 Å². The van der Waals surface area contributed by atoms with E-state index in [9.17, 15) is 9.59 Å². The fourth-order valence-corrected chi connectivity index (χ4v) is 5.12. The second-order valence-electron chi connectivity index (χ2n) is 8.54. The first-order valence-corrected chi connectivity index (χ1v) is 12.5. The fraction of sp³-hybridized carbons (Fsp3) is 0.385. The Morgan fingerprint density at radius 1 is 1.12 bits per heavy atom. The number of rotatable bonds is 9. The van der Waals surface area contributed by atoms with Crippen LogP contribution in [0.25, 0.3) is 10.6 Å². The minimum atomic E-state index is -0.183. The molecule has 0 unspecified atom stereocenters. The van der Waals surface area contributed by atoms with Crippen molar-refractivity contribution < 1.29 is 14.3 Å². The molecule has 1 aliphatic carbocycles. The van der Waals surface area contributed by atoms with Crippen LogP contribution in [0.4, 0.5) is 5.13 Å². The largest absolute Gasteiger partial charge is 0.497 e. The molecule has 2 amide bonds. The summed E-state index contributed by atoms with van der Waals surface area (Å²) < 4.78 is 5.26. The molecule has 0 spiro atoms. The maximum absolute atomic E-state index is 13.3. The monoisotopic (exact) mass is 478 g/mol. The smallest absolute Gasteiger partial charge is 0.227 e.